The molecule has 7 heteroatoms. The van der Waals surface area contributed by atoms with E-state index in [1.165, 1.54) is 0 Å². The number of carbonyl (C=O) groups excluding carboxylic acids is 2. The molecular weight excluding hydrogens is 172 g/mol. The van der Waals surface area contributed by atoms with Crippen LogP contribution in [0.3, 0.4) is 0 Å². The first-order chi connectivity index (χ1) is 4.83. The molecule has 0 radical (unpaired) electrons. The van der Waals surface area contributed by atoms with Crippen molar-refractivity contribution in [1.82, 2.24) is 0 Å². The fourth-order valence-electron chi connectivity index (χ4n) is 0. The highest BCUT2D eigenvalue weighted by Gasteiger charge is 1.79. The number of rotatable bonds is 0. The lowest BCUT2D eigenvalue weighted by Gasteiger charge is -1.69. The van der Waals surface area contributed by atoms with Crippen molar-refractivity contribution in [2.24, 2.45) is 0 Å². The normalized spacial score (nSPS) is 6.73. The highest BCUT2D eigenvalue weighted by atomic mass is 32.2. The molecule has 0 aliphatic rings. The van der Waals surface area contributed by atoms with Crippen LogP contribution in [-0.4, -0.2) is 33.1 Å². The average Bonchev–Trinajstić information content (AvgIpc) is 1.62. The van der Waals surface area contributed by atoms with E-state index < -0.39 is 9.84 Å². The molecular formula is C4H8N2O4S. The first-order valence-electron chi connectivity index (χ1n) is 2.06. The quantitative estimate of drug-likeness (QED) is 0.384. The number of nitrogens with one attached hydrogen (secondary N) is 2. The summed E-state index contributed by atoms with van der Waals surface area (Å²) in [5.41, 5.74) is 0. The minimum atomic E-state index is -2.67. The van der Waals surface area contributed by atoms with Gasteiger partial charge in [-0.2, -0.15) is 0 Å². The highest BCUT2D eigenvalue weighted by Crippen LogP contribution is 1.61. The summed E-state index contributed by atoms with van der Waals surface area (Å²) in [4.78, 5) is 16.7. The highest BCUT2D eigenvalue weighted by molar-refractivity contribution is 7.89. The molecule has 0 aliphatic carbocycles. The summed E-state index contributed by atoms with van der Waals surface area (Å²) in [5, 5.41) is 10.8. The molecule has 0 bridgehead atoms. The largest absolute Gasteiger partial charge is 0.231 e. The van der Waals surface area contributed by atoms with Crippen molar-refractivity contribution < 1.29 is 18.0 Å². The Bertz CT molecular complexity index is 211. The van der Waals surface area contributed by atoms with Crippen LogP contribution in [0.4, 0.5) is 0 Å². The summed E-state index contributed by atoms with van der Waals surface area (Å²) in [6, 6.07) is 0. The maximum atomic E-state index is 9.63. The van der Waals surface area contributed by atoms with E-state index in [4.69, 9.17) is 20.4 Å². The molecule has 0 aromatic rings. The third kappa shape index (κ3) is 236. The maximum absolute atomic E-state index is 9.63. The molecule has 0 heterocycles. The van der Waals surface area contributed by atoms with E-state index in [0.717, 1.165) is 24.7 Å². The van der Waals surface area contributed by atoms with Gasteiger partial charge in [0.1, 0.15) is 9.84 Å². The summed E-state index contributed by atoms with van der Waals surface area (Å²) in [6.45, 7) is 0. The number of isocyanates is 2. The summed E-state index contributed by atoms with van der Waals surface area (Å²) in [7, 11) is -2.67. The molecule has 0 spiro atoms. The summed E-state index contributed by atoms with van der Waals surface area (Å²) >= 11 is 0. The van der Waals surface area contributed by atoms with Crippen LogP contribution < -0.4 is 0 Å². The maximum Gasteiger partial charge on any atom is 0.231 e. The topological polar surface area (TPSA) is 116 Å². The van der Waals surface area contributed by atoms with Crippen LogP contribution in [0, 0.1) is 10.8 Å². The summed E-state index contributed by atoms with van der Waals surface area (Å²) < 4.78 is 19.3. The summed E-state index contributed by atoms with van der Waals surface area (Å²) in [5.74, 6) is 0. The molecule has 6 nitrogen and oxygen atoms in total. The van der Waals surface area contributed by atoms with Gasteiger partial charge in [-0.05, 0) is 0 Å². The molecule has 0 aromatic carbocycles. The van der Waals surface area contributed by atoms with Gasteiger partial charge < -0.3 is 0 Å². The second kappa shape index (κ2) is 11.5. The van der Waals surface area contributed by atoms with E-state index in [1.54, 1.807) is 0 Å². The Morgan fingerprint density at radius 3 is 1.00 bits per heavy atom. The lowest BCUT2D eigenvalue weighted by molar-refractivity contribution is 0.562. The first-order valence-corrected chi connectivity index (χ1v) is 4.36. The zero-order valence-electron chi connectivity index (χ0n) is 6.04. The Hall–Kier alpha value is -1.29. The fraction of sp³-hybridized carbons (Fsp3) is 0.500. The molecule has 0 rings (SSSR count). The molecule has 0 aromatic heterocycles. The molecule has 0 aliphatic heterocycles. The van der Waals surface area contributed by atoms with Crippen LogP contribution in [-0.2, 0) is 19.4 Å². The van der Waals surface area contributed by atoms with Crippen molar-refractivity contribution in [3.63, 3.8) is 0 Å². The zero-order valence-corrected chi connectivity index (χ0v) is 6.86. The van der Waals surface area contributed by atoms with Gasteiger partial charge in [-0.1, -0.05) is 0 Å². The van der Waals surface area contributed by atoms with Gasteiger partial charge >= 0.3 is 0 Å². The number of sulfone groups is 1. The van der Waals surface area contributed by atoms with Crippen molar-refractivity contribution in [3.05, 3.63) is 0 Å². The van der Waals surface area contributed by atoms with Gasteiger partial charge in [-0.3, -0.25) is 0 Å². The molecule has 0 amide bonds. The minimum Gasteiger partial charge on any atom is -0.229 e. The Labute approximate surface area is 64.2 Å². The Morgan fingerprint density at radius 2 is 1.00 bits per heavy atom. The van der Waals surface area contributed by atoms with Crippen LogP contribution in [0.1, 0.15) is 0 Å². The Balaban J connectivity index is -0.0000000933. The van der Waals surface area contributed by atoms with Crippen LogP contribution >= 0.6 is 0 Å². The van der Waals surface area contributed by atoms with Gasteiger partial charge in [-0.15, -0.1) is 0 Å². The van der Waals surface area contributed by atoms with Crippen molar-refractivity contribution >= 4 is 22.0 Å². The minimum absolute atomic E-state index is 0.750. The van der Waals surface area contributed by atoms with Crippen LogP contribution in [0.2, 0.25) is 0 Å². The molecule has 0 saturated carbocycles. The van der Waals surface area contributed by atoms with E-state index in [-0.39, 0.29) is 0 Å². The predicted molar refractivity (Wildman–Crippen MR) is 37.6 cm³/mol. The van der Waals surface area contributed by atoms with Crippen molar-refractivity contribution in [3.8, 4) is 0 Å². The van der Waals surface area contributed by atoms with Crippen LogP contribution in [0.15, 0.2) is 0 Å². The monoisotopic (exact) mass is 180 g/mol. The molecule has 0 atom stereocenters. The number of hydrogen-bond acceptors (Lipinski definition) is 6. The predicted octanol–water partition coefficient (Wildman–Crippen LogP) is -0.537. The van der Waals surface area contributed by atoms with Crippen molar-refractivity contribution in [2.75, 3.05) is 12.5 Å². The molecule has 0 unspecified atom stereocenters. The number of hydrogen-bond donors (Lipinski definition) is 2. The molecule has 2 N–H and O–H groups in total. The van der Waals surface area contributed by atoms with Gasteiger partial charge in [0, 0.05) is 12.5 Å². The third-order valence-corrected chi connectivity index (χ3v) is 0. The van der Waals surface area contributed by atoms with Gasteiger partial charge in [0.25, 0.3) is 0 Å². The Kier molecular flexibility index (Phi) is 17.1. The molecule has 64 valence electrons. The lowest BCUT2D eigenvalue weighted by atomic mass is 11.7. The lowest BCUT2D eigenvalue weighted by Crippen LogP contribution is -1.86. The zero-order chi connectivity index (χ0) is 9.91. The SMILES string of the molecule is CS(C)(=O)=O.N=C=O.N=C=O. The second-order valence-electron chi connectivity index (χ2n) is 1.35. The van der Waals surface area contributed by atoms with Crippen molar-refractivity contribution in [1.29, 1.82) is 10.8 Å². The molecule has 0 fully saturated rings. The van der Waals surface area contributed by atoms with E-state index in [9.17, 15) is 8.42 Å². The third-order valence-electron chi connectivity index (χ3n) is 0. The van der Waals surface area contributed by atoms with Gasteiger partial charge in [0.2, 0.25) is 12.2 Å². The second-order valence-corrected chi connectivity index (χ2v) is 3.63. The van der Waals surface area contributed by atoms with Crippen molar-refractivity contribution in [2.45, 2.75) is 0 Å². The van der Waals surface area contributed by atoms with E-state index in [2.05, 4.69) is 0 Å². The fourth-order valence-corrected chi connectivity index (χ4v) is 0. The average molecular weight is 180 g/mol. The van der Waals surface area contributed by atoms with Gasteiger partial charge in [0.05, 0.1) is 0 Å². The van der Waals surface area contributed by atoms with E-state index in [0.29, 0.717) is 0 Å². The van der Waals surface area contributed by atoms with Gasteiger partial charge in [-0.25, -0.2) is 28.8 Å². The Morgan fingerprint density at radius 1 is 1.00 bits per heavy atom. The standard InChI is InChI=1S/C2H6O2S.2CHNO/c1-5(2,3)4;2*2-1-3/h1-2H3;2*2H. The molecule has 11 heavy (non-hydrogen) atoms. The van der Waals surface area contributed by atoms with E-state index >= 15 is 0 Å². The van der Waals surface area contributed by atoms with Gasteiger partial charge in [0.15, 0.2) is 0 Å². The smallest absolute Gasteiger partial charge is 0.229 e. The first kappa shape index (κ1) is 16.4. The van der Waals surface area contributed by atoms with E-state index in [1.807, 2.05) is 0 Å². The summed E-state index contributed by atoms with van der Waals surface area (Å²) in [6.07, 6.45) is 3.82. The van der Waals surface area contributed by atoms with Crippen LogP contribution in [0.5, 0.6) is 0 Å². The van der Waals surface area contributed by atoms with Crippen LogP contribution in [0.25, 0.3) is 0 Å². The molecule has 0 saturated heterocycles.